The van der Waals surface area contributed by atoms with Gasteiger partial charge in [0.05, 0.1) is 6.04 Å². The molecule has 2 aromatic carbocycles. The Labute approximate surface area is 171 Å². The molecule has 4 rings (SSSR count). The molecule has 3 aromatic rings. The molecular formula is C24H26N4O. The van der Waals surface area contributed by atoms with Crippen LogP contribution in [0.1, 0.15) is 34.8 Å². The Kier molecular flexibility index (Phi) is 6.05. The van der Waals surface area contributed by atoms with E-state index in [0.717, 1.165) is 42.0 Å². The van der Waals surface area contributed by atoms with Gasteiger partial charge in [-0.15, -0.1) is 0 Å². The Morgan fingerprint density at radius 1 is 0.966 bits per heavy atom. The molecule has 29 heavy (non-hydrogen) atoms. The van der Waals surface area contributed by atoms with Gasteiger partial charge in [-0.2, -0.15) is 0 Å². The number of carbonyl (C=O) groups excluding carboxylic acids is 1. The van der Waals surface area contributed by atoms with E-state index >= 15 is 0 Å². The lowest BCUT2D eigenvalue weighted by Gasteiger charge is -2.20. The Hall–Kier alpha value is -3.34. The molecule has 0 unspecified atom stereocenters. The third-order valence-corrected chi connectivity index (χ3v) is 5.16. The van der Waals surface area contributed by atoms with Crippen molar-refractivity contribution in [3.8, 4) is 0 Å². The normalized spacial score (nSPS) is 12.7. The first-order valence-corrected chi connectivity index (χ1v) is 10.2. The van der Waals surface area contributed by atoms with Gasteiger partial charge in [-0.25, -0.2) is 9.78 Å². The second-order valence-corrected chi connectivity index (χ2v) is 7.25. The molecular weight excluding hydrogens is 360 g/mol. The Morgan fingerprint density at radius 2 is 1.66 bits per heavy atom. The van der Waals surface area contributed by atoms with Crippen LogP contribution in [0.4, 0.5) is 10.6 Å². The molecule has 5 nitrogen and oxygen atoms in total. The minimum absolute atomic E-state index is 0.182. The Balaban J connectivity index is 1.36. The molecule has 1 aliphatic rings. The molecule has 148 valence electrons. The number of aryl methyl sites for hydroxylation is 1. The van der Waals surface area contributed by atoms with Gasteiger partial charge in [-0.3, -0.25) is 0 Å². The molecule has 3 N–H and O–H groups in total. The van der Waals surface area contributed by atoms with Gasteiger partial charge in [-0.1, -0.05) is 66.7 Å². The number of hydrogen-bond donors (Lipinski definition) is 3. The Morgan fingerprint density at radius 3 is 2.34 bits per heavy atom. The summed E-state index contributed by atoms with van der Waals surface area (Å²) in [6.07, 6.45) is 2.93. The zero-order chi connectivity index (χ0) is 19.9. The minimum Gasteiger partial charge on any atom is -0.370 e. The van der Waals surface area contributed by atoms with E-state index < -0.39 is 0 Å². The molecule has 0 bridgehead atoms. The van der Waals surface area contributed by atoms with Gasteiger partial charge >= 0.3 is 6.03 Å². The van der Waals surface area contributed by atoms with Crippen molar-refractivity contribution in [3.05, 3.63) is 95.2 Å². The first-order chi connectivity index (χ1) is 14.3. The molecule has 2 amide bonds. The van der Waals surface area contributed by atoms with Crippen LogP contribution in [0, 0.1) is 0 Å². The molecule has 0 spiro atoms. The summed E-state index contributed by atoms with van der Waals surface area (Å²) in [6, 6.07) is 23.9. The third-order valence-electron chi connectivity index (χ3n) is 5.16. The highest BCUT2D eigenvalue weighted by Crippen LogP contribution is 2.22. The maximum atomic E-state index is 12.6. The van der Waals surface area contributed by atoms with E-state index in [1.54, 1.807) is 0 Å². The number of nitrogens with zero attached hydrogens (tertiary/aromatic N) is 1. The van der Waals surface area contributed by atoms with E-state index in [4.69, 9.17) is 0 Å². The maximum Gasteiger partial charge on any atom is 0.315 e. The lowest BCUT2D eigenvalue weighted by molar-refractivity contribution is 0.239. The van der Waals surface area contributed by atoms with Crippen LogP contribution in [0.5, 0.6) is 0 Å². The van der Waals surface area contributed by atoms with Gasteiger partial charge in [0.2, 0.25) is 0 Å². The van der Waals surface area contributed by atoms with Gasteiger partial charge in [0.15, 0.2) is 0 Å². The van der Waals surface area contributed by atoms with E-state index in [0.29, 0.717) is 13.0 Å². The van der Waals surface area contributed by atoms with Crippen molar-refractivity contribution in [3.63, 3.8) is 0 Å². The molecule has 2 heterocycles. The number of carbonyl (C=O) groups is 1. The molecule has 0 saturated heterocycles. The highest BCUT2D eigenvalue weighted by molar-refractivity contribution is 5.75. The van der Waals surface area contributed by atoms with Crippen molar-refractivity contribution in [1.29, 1.82) is 0 Å². The van der Waals surface area contributed by atoms with Gasteiger partial charge in [0.25, 0.3) is 0 Å². The van der Waals surface area contributed by atoms with Crippen LogP contribution in [0.2, 0.25) is 0 Å². The number of aromatic nitrogens is 1. The SMILES string of the molecule is O=C(NCCc1ccc2c(n1)NCCC2)NC(c1ccccc1)c1ccccc1. The van der Waals surface area contributed by atoms with Crippen molar-refractivity contribution < 1.29 is 4.79 Å². The first-order valence-electron chi connectivity index (χ1n) is 10.2. The van der Waals surface area contributed by atoms with E-state index in [9.17, 15) is 4.79 Å². The molecule has 0 radical (unpaired) electrons. The fraction of sp³-hybridized carbons (Fsp3) is 0.250. The van der Waals surface area contributed by atoms with E-state index in [1.807, 2.05) is 60.7 Å². The quantitative estimate of drug-likeness (QED) is 0.598. The fourth-order valence-electron chi connectivity index (χ4n) is 3.64. The summed E-state index contributed by atoms with van der Waals surface area (Å²) in [5, 5.41) is 9.43. The number of pyridine rings is 1. The van der Waals surface area contributed by atoms with Crippen LogP contribution in [0.15, 0.2) is 72.8 Å². The predicted octanol–water partition coefficient (Wildman–Crippen LogP) is 4.07. The monoisotopic (exact) mass is 386 g/mol. The second-order valence-electron chi connectivity index (χ2n) is 7.25. The highest BCUT2D eigenvalue weighted by Gasteiger charge is 2.16. The van der Waals surface area contributed by atoms with Crippen LogP contribution in [-0.4, -0.2) is 24.1 Å². The number of fused-ring (bicyclic) bond motifs is 1. The Bertz CT molecular complexity index is 904. The van der Waals surface area contributed by atoms with Gasteiger partial charge < -0.3 is 16.0 Å². The topological polar surface area (TPSA) is 66.0 Å². The van der Waals surface area contributed by atoms with Crippen molar-refractivity contribution in [2.75, 3.05) is 18.4 Å². The predicted molar refractivity (Wildman–Crippen MR) is 116 cm³/mol. The van der Waals surface area contributed by atoms with Crippen molar-refractivity contribution in [2.24, 2.45) is 0 Å². The number of anilines is 1. The third kappa shape index (κ3) is 4.93. The van der Waals surface area contributed by atoms with Gasteiger partial charge in [-0.05, 0) is 35.6 Å². The number of urea groups is 1. The van der Waals surface area contributed by atoms with Crippen molar-refractivity contribution in [1.82, 2.24) is 15.6 Å². The van der Waals surface area contributed by atoms with Crippen molar-refractivity contribution >= 4 is 11.8 Å². The average molecular weight is 386 g/mol. The van der Waals surface area contributed by atoms with Crippen molar-refractivity contribution in [2.45, 2.75) is 25.3 Å². The summed E-state index contributed by atoms with van der Waals surface area (Å²) in [5.41, 5.74) is 4.37. The lowest BCUT2D eigenvalue weighted by atomic mass is 9.99. The summed E-state index contributed by atoms with van der Waals surface area (Å²) < 4.78 is 0. The van der Waals surface area contributed by atoms with Gasteiger partial charge in [0, 0.05) is 25.2 Å². The second kappa shape index (κ2) is 9.24. The molecule has 1 aromatic heterocycles. The maximum absolute atomic E-state index is 12.6. The lowest BCUT2D eigenvalue weighted by Crippen LogP contribution is -2.39. The highest BCUT2D eigenvalue weighted by atomic mass is 16.2. The molecule has 0 saturated carbocycles. The zero-order valence-corrected chi connectivity index (χ0v) is 16.4. The van der Waals surface area contributed by atoms with Crippen LogP contribution < -0.4 is 16.0 Å². The van der Waals surface area contributed by atoms with Crippen LogP contribution >= 0.6 is 0 Å². The zero-order valence-electron chi connectivity index (χ0n) is 16.4. The summed E-state index contributed by atoms with van der Waals surface area (Å²) in [4.78, 5) is 17.3. The molecule has 0 atom stereocenters. The number of rotatable bonds is 6. The average Bonchev–Trinajstić information content (AvgIpc) is 2.78. The number of benzene rings is 2. The summed E-state index contributed by atoms with van der Waals surface area (Å²) in [7, 11) is 0. The fourth-order valence-corrected chi connectivity index (χ4v) is 3.64. The number of amides is 2. The molecule has 0 aliphatic carbocycles. The molecule has 5 heteroatoms. The number of nitrogens with one attached hydrogen (secondary N) is 3. The van der Waals surface area contributed by atoms with E-state index in [-0.39, 0.29) is 12.1 Å². The smallest absolute Gasteiger partial charge is 0.315 e. The van der Waals surface area contributed by atoms with Crippen LogP contribution in [0.25, 0.3) is 0 Å². The molecule has 1 aliphatic heterocycles. The standard InChI is InChI=1S/C24H26N4O/c29-24(26-17-15-21-14-13-20-12-7-16-25-23(20)27-21)28-22(18-8-3-1-4-9-18)19-10-5-2-6-11-19/h1-6,8-11,13-14,22H,7,12,15-17H2,(H,25,27)(H2,26,28,29). The minimum atomic E-state index is -0.191. The summed E-state index contributed by atoms with van der Waals surface area (Å²) in [6.45, 7) is 1.51. The largest absolute Gasteiger partial charge is 0.370 e. The van der Waals surface area contributed by atoms with E-state index in [2.05, 4.69) is 33.1 Å². The first kappa shape index (κ1) is 19.0. The number of hydrogen-bond acceptors (Lipinski definition) is 3. The van der Waals surface area contributed by atoms with Crippen LogP contribution in [-0.2, 0) is 12.8 Å². The summed E-state index contributed by atoms with van der Waals surface area (Å²) in [5.74, 6) is 0.992. The summed E-state index contributed by atoms with van der Waals surface area (Å²) >= 11 is 0. The van der Waals surface area contributed by atoms with Gasteiger partial charge in [0.1, 0.15) is 5.82 Å². The van der Waals surface area contributed by atoms with E-state index in [1.165, 1.54) is 5.56 Å². The molecule has 0 fully saturated rings. The van der Waals surface area contributed by atoms with Crippen LogP contribution in [0.3, 0.4) is 0 Å².